The number of imidazole rings is 2. The largest absolute Gasteiger partial charge is 1.00 e. The maximum Gasteiger partial charge on any atom is 1.00 e. The molecule has 4 aromatic carbocycles. The number of ether oxygens (including phenoxy) is 6. The summed E-state index contributed by atoms with van der Waals surface area (Å²) in [6.07, 6.45) is 18.4. The number of aromatic nitrogens is 10. The number of nitrogen functional groups attached to an aromatic ring is 2. The molecule has 0 bridgehead atoms. The van der Waals surface area contributed by atoms with Gasteiger partial charge in [-0.15, -0.1) is 0 Å². The third-order valence-electron chi connectivity index (χ3n) is 15.7. The van der Waals surface area contributed by atoms with Gasteiger partial charge in [-0.2, -0.15) is 0 Å². The average molecular weight is 1390 g/mol. The van der Waals surface area contributed by atoms with Gasteiger partial charge in [0.05, 0.1) is 19.3 Å². The molecule has 14 rings (SSSR count). The van der Waals surface area contributed by atoms with E-state index in [1.807, 2.05) is 74.8 Å². The number of benzene rings is 4. The van der Waals surface area contributed by atoms with Crippen LogP contribution in [0.25, 0.3) is 33.5 Å². The molecule has 27 nitrogen and oxygen atoms in total. The first-order valence-electron chi connectivity index (χ1n) is 31.9. The number of rotatable bonds is 15. The van der Waals surface area contributed by atoms with Crippen LogP contribution in [0.5, 0.6) is 34.5 Å². The van der Waals surface area contributed by atoms with E-state index in [1.54, 1.807) is 49.3 Å². The molecule has 0 unspecified atom stereocenters. The Labute approximate surface area is 603 Å². The minimum atomic E-state index is -0.639. The third kappa shape index (κ3) is 21.2. The van der Waals surface area contributed by atoms with Gasteiger partial charge in [-0.05, 0) is 101 Å². The molecule has 4 saturated heterocycles. The predicted octanol–water partition coefficient (Wildman–Crippen LogP) is 6.47. The first kappa shape index (κ1) is 75.1. The number of hydrogen-bond donors (Lipinski definition) is 3. The molecule has 4 fully saturated rings. The average Bonchev–Trinajstić information content (AvgIpc) is 1.62. The van der Waals surface area contributed by atoms with Crippen molar-refractivity contribution >= 4 is 54.4 Å². The number of ketones is 1. The van der Waals surface area contributed by atoms with Crippen LogP contribution < -0.4 is 65.3 Å². The van der Waals surface area contributed by atoms with Crippen LogP contribution in [0.15, 0.2) is 135 Å². The molecule has 0 aliphatic carbocycles. The van der Waals surface area contributed by atoms with E-state index in [0.29, 0.717) is 83.0 Å². The van der Waals surface area contributed by atoms with Gasteiger partial charge in [0.25, 0.3) is 0 Å². The number of nitrogens with two attached hydrogens (primary N) is 2. The Morgan fingerprint density at radius 2 is 1.04 bits per heavy atom. The number of anilines is 2. The number of halogens is 2. The van der Waals surface area contributed by atoms with Gasteiger partial charge in [0.1, 0.15) is 130 Å². The van der Waals surface area contributed by atoms with Crippen molar-refractivity contribution in [3.8, 4) is 57.0 Å². The summed E-state index contributed by atoms with van der Waals surface area (Å²) in [5, 5.41) is 3.46. The number of Topliss-reactive ketones (excluding diaryl/α,β-unsaturated/α-hetero) is 1. The normalized spacial score (nSPS) is 15.5. The number of nitrogens with zero attached hydrogens (tertiary/aromatic N) is 11. The van der Waals surface area contributed by atoms with Gasteiger partial charge < -0.3 is 57.9 Å². The SMILES string of the molecule is CC(=O)OOC(C)=O.Cc1ncc(COc2cc(F)cc(Oc3ccc(-c4nc([C@@H]5CCCN(C6COC6)C5)n5ccnc(N)c45)cc3)c2)cn1.Cc1ncc(COc2cc(F)cc(Oc3ccc(-c4nc([C@@H]5CCCNC5)n5ccnc(N)c45)cc3)c2)cn1.O=C1COC1.[B-]OC(C)=O.[Na+]. The van der Waals surface area contributed by atoms with Crippen molar-refractivity contribution in [1.82, 2.24) is 58.9 Å². The molecule has 10 aromatic rings. The molecular weight excluding hydrogens is 1320 g/mol. The summed E-state index contributed by atoms with van der Waals surface area (Å²) >= 11 is 0. The zero-order valence-electron chi connectivity index (χ0n) is 56.5. The van der Waals surface area contributed by atoms with E-state index in [4.69, 9.17) is 45.1 Å². The van der Waals surface area contributed by atoms with Gasteiger partial charge in [0.2, 0.25) is 5.97 Å². The number of hydrogen-bond acceptors (Lipinski definition) is 25. The second kappa shape index (κ2) is 36.3. The van der Waals surface area contributed by atoms with E-state index in [-0.39, 0.29) is 54.5 Å². The molecular formula is C70H73BF2N14NaO13. The van der Waals surface area contributed by atoms with Crippen molar-refractivity contribution in [1.29, 1.82) is 0 Å². The van der Waals surface area contributed by atoms with Crippen LogP contribution in [0.3, 0.4) is 0 Å². The Bertz CT molecular complexity index is 4410. The van der Waals surface area contributed by atoms with Gasteiger partial charge in [0.15, 0.2) is 5.78 Å². The Kier molecular flexibility index (Phi) is 27.0. The van der Waals surface area contributed by atoms with E-state index < -0.39 is 29.5 Å². The number of carbonyl (C=O) groups is 4. The first-order chi connectivity index (χ1) is 48.3. The van der Waals surface area contributed by atoms with Gasteiger partial charge in [-0.1, -0.05) is 0 Å². The monoisotopic (exact) mass is 1390 g/mol. The number of aryl methyl sites for hydroxylation is 2. The maximum atomic E-state index is 14.4. The third-order valence-corrected chi connectivity index (χ3v) is 15.7. The van der Waals surface area contributed by atoms with Gasteiger partial charge in [-0.25, -0.2) is 68.0 Å². The first-order valence-corrected chi connectivity index (χ1v) is 31.9. The number of likely N-dealkylation sites (tertiary alicyclic amines) is 1. The van der Waals surface area contributed by atoms with Crippen molar-refractivity contribution in [3.63, 3.8) is 0 Å². The van der Waals surface area contributed by atoms with Crippen molar-refractivity contribution in [2.45, 2.75) is 91.4 Å². The van der Waals surface area contributed by atoms with E-state index >= 15 is 0 Å². The standard InChI is InChI=1S/C32H32FN7O3.C29H28FN7O2.C4H6O4.C3H4O2.C2H3BO2.Na/c1-20-36-14-21(15-37-20)17-42-27-11-24(33)12-28(13-27)43-26-6-4-22(5-7-26)29-30-31(34)35-8-10-40(30)32(38-29)23-3-2-9-39(16-23)25-18-41-19-25;1-18-34-14-19(15-35-18)17-38-24-11-22(30)12-25(13-24)39-23-6-4-20(5-7-23)26-27-28(31)33-9-10-37(27)29(36-26)21-3-2-8-32-16-21;1-3(5)7-8-4(2)6;4-3-1-5-2-3;1-2(4)5-3;/h4-8,10-15,23,25H,2-3,9,16-19H2,1H3,(H2,34,35);4-7,9-15,21,32H,2-3,8,16-17H2,1H3,(H2,31,33);1-2H3;1-2H2;1H3;/q;;;;-1;+1/t23-;21-;;;;/m11..../s1. The van der Waals surface area contributed by atoms with Gasteiger partial charge in [-0.3, -0.25) is 23.3 Å². The quantitative estimate of drug-likeness (QED) is 0.0562. The van der Waals surface area contributed by atoms with Crippen molar-refractivity contribution in [2.24, 2.45) is 0 Å². The molecule has 101 heavy (non-hydrogen) atoms. The van der Waals surface area contributed by atoms with Gasteiger partial charge in [0, 0.05) is 154 Å². The van der Waals surface area contributed by atoms with Crippen LogP contribution in [0.4, 0.5) is 20.4 Å². The molecule has 0 saturated carbocycles. The Hall–Kier alpha value is -10.1. The van der Waals surface area contributed by atoms with E-state index in [2.05, 4.69) is 76.1 Å². The Morgan fingerprint density at radius 1 is 0.604 bits per heavy atom. The van der Waals surface area contributed by atoms with E-state index in [9.17, 15) is 28.0 Å². The summed E-state index contributed by atoms with van der Waals surface area (Å²) in [5.74, 6) is 4.75. The van der Waals surface area contributed by atoms with E-state index in [0.717, 1.165) is 135 Å². The summed E-state index contributed by atoms with van der Waals surface area (Å²) in [5.41, 5.74) is 19.2. The minimum Gasteiger partial charge on any atom is -0.793 e. The van der Waals surface area contributed by atoms with Crippen LogP contribution in [-0.2, 0) is 56.3 Å². The summed E-state index contributed by atoms with van der Waals surface area (Å²) in [6, 6.07) is 24.1. The summed E-state index contributed by atoms with van der Waals surface area (Å²) < 4.78 is 69.9. The molecule has 519 valence electrons. The maximum absolute atomic E-state index is 14.4. The molecule has 10 heterocycles. The molecule has 31 heteroatoms. The van der Waals surface area contributed by atoms with Crippen molar-refractivity contribution in [3.05, 3.63) is 181 Å². The van der Waals surface area contributed by atoms with Crippen LogP contribution in [0, 0.1) is 25.5 Å². The predicted molar refractivity (Wildman–Crippen MR) is 361 cm³/mol. The molecule has 3 radical (unpaired) electrons. The van der Waals surface area contributed by atoms with Crippen LogP contribution in [0.1, 0.15) is 92.7 Å². The molecule has 4 aliphatic heterocycles. The Morgan fingerprint density at radius 3 is 1.43 bits per heavy atom. The number of nitrogens with one attached hydrogen (secondary N) is 1. The van der Waals surface area contributed by atoms with Gasteiger partial charge >= 0.3 is 41.5 Å². The summed E-state index contributed by atoms with van der Waals surface area (Å²) in [6.45, 7) is 13.8. The molecule has 6 aromatic heterocycles. The van der Waals surface area contributed by atoms with Crippen LogP contribution >= 0.6 is 0 Å². The molecule has 5 N–H and O–H groups in total. The fourth-order valence-electron chi connectivity index (χ4n) is 10.8. The zero-order chi connectivity index (χ0) is 70.7. The number of carbonyl (C=O) groups excluding carboxylic acids is 4. The fourth-order valence-corrected chi connectivity index (χ4v) is 10.8. The second-order valence-electron chi connectivity index (χ2n) is 23.4. The molecule has 4 aliphatic rings. The summed E-state index contributed by atoms with van der Waals surface area (Å²) in [7, 11) is 4.32. The smallest absolute Gasteiger partial charge is 0.793 e. The molecule has 0 spiro atoms. The number of fused-ring (bicyclic) bond motifs is 2. The fraction of sp³-hybridized carbons (Fsp3) is 0.314. The molecule has 0 amide bonds. The van der Waals surface area contributed by atoms with Crippen LogP contribution in [0.2, 0.25) is 0 Å². The summed E-state index contributed by atoms with van der Waals surface area (Å²) in [4.78, 5) is 84.5. The number of piperidine rings is 2. The second-order valence-corrected chi connectivity index (χ2v) is 23.4. The zero-order valence-corrected chi connectivity index (χ0v) is 58.5. The minimum absolute atomic E-state index is 0. The Balaban J connectivity index is 0.000000188. The van der Waals surface area contributed by atoms with Crippen LogP contribution in [-0.4, -0.2) is 144 Å². The topological polar surface area (TPSA) is 331 Å². The van der Waals surface area contributed by atoms with E-state index in [1.165, 1.54) is 31.2 Å². The van der Waals surface area contributed by atoms with Crippen molar-refractivity contribution in [2.75, 3.05) is 64.1 Å². The van der Waals surface area contributed by atoms with Crippen molar-refractivity contribution < 1.29 is 100 Å². The molecule has 2 atom stereocenters.